The Hall–Kier alpha value is -0.500. The van der Waals surface area contributed by atoms with E-state index in [0.717, 1.165) is 54.8 Å². The van der Waals surface area contributed by atoms with Crippen LogP contribution in [0, 0.1) is 46.3 Å². The van der Waals surface area contributed by atoms with Crippen LogP contribution in [0.1, 0.15) is 105 Å². The van der Waals surface area contributed by atoms with Gasteiger partial charge in [-0.25, -0.2) is 4.79 Å². The summed E-state index contributed by atoms with van der Waals surface area (Å²) in [6.07, 6.45) is 16.7. The highest BCUT2D eigenvalue weighted by Crippen LogP contribution is 2.67. The predicted octanol–water partition coefficient (Wildman–Crippen LogP) is 8.77. The van der Waals surface area contributed by atoms with Gasteiger partial charge in [-0.2, -0.15) is 0 Å². The molecule has 0 amide bonds. The van der Waals surface area contributed by atoms with Crippen LogP contribution in [0.4, 0.5) is 4.79 Å². The fourth-order valence-electron chi connectivity index (χ4n) is 8.88. The zero-order valence-electron chi connectivity index (χ0n) is 20.6. The minimum atomic E-state index is -0.643. The molecular formula is C28H45ClO2. The van der Waals surface area contributed by atoms with Crippen molar-refractivity contribution in [1.29, 1.82) is 0 Å². The number of carbonyl (C=O) groups is 1. The van der Waals surface area contributed by atoms with Gasteiger partial charge < -0.3 is 4.74 Å². The Morgan fingerprint density at radius 1 is 1.10 bits per heavy atom. The zero-order valence-corrected chi connectivity index (χ0v) is 21.3. The lowest BCUT2D eigenvalue weighted by atomic mass is 9.47. The quantitative estimate of drug-likeness (QED) is 0.299. The van der Waals surface area contributed by atoms with Gasteiger partial charge in [-0.15, -0.1) is 0 Å². The number of rotatable bonds is 6. The first kappa shape index (κ1) is 23.7. The Morgan fingerprint density at radius 3 is 2.58 bits per heavy atom. The Balaban J connectivity index is 1.47. The standard InChI is InChI=1S/C28H45ClO2/c1-18(2)7-6-8-19(3)23-11-12-24-22-10-9-20-17-21(31-26(29)30)13-15-27(20,4)25(22)14-16-28(23,24)5/h9,18-19,21-25H,6-8,10-17H2,1-5H3/t19-,21+,22+,23-,24+,25+,27-,28+/m1/s1. The van der Waals surface area contributed by atoms with Gasteiger partial charge in [0.2, 0.25) is 0 Å². The minimum absolute atomic E-state index is 0.0164. The van der Waals surface area contributed by atoms with Gasteiger partial charge in [-0.3, -0.25) is 0 Å². The maximum Gasteiger partial charge on any atom is 0.404 e. The molecule has 4 rings (SSSR count). The molecule has 31 heavy (non-hydrogen) atoms. The molecule has 0 aliphatic heterocycles. The lowest BCUT2D eigenvalue weighted by molar-refractivity contribution is -0.0573. The number of hydrogen-bond acceptors (Lipinski definition) is 2. The van der Waals surface area contributed by atoms with Crippen LogP contribution in [-0.4, -0.2) is 11.5 Å². The molecular weight excluding hydrogens is 404 g/mol. The van der Waals surface area contributed by atoms with Gasteiger partial charge >= 0.3 is 5.43 Å². The molecule has 0 spiro atoms. The third-order valence-corrected chi connectivity index (χ3v) is 10.6. The molecule has 0 bridgehead atoms. The summed E-state index contributed by atoms with van der Waals surface area (Å²) >= 11 is 5.51. The van der Waals surface area contributed by atoms with Crippen molar-refractivity contribution in [1.82, 2.24) is 0 Å². The van der Waals surface area contributed by atoms with E-state index in [0.29, 0.717) is 10.8 Å². The van der Waals surface area contributed by atoms with E-state index < -0.39 is 5.43 Å². The summed E-state index contributed by atoms with van der Waals surface area (Å²) < 4.78 is 5.38. The lowest BCUT2D eigenvalue weighted by Gasteiger charge is -2.58. The van der Waals surface area contributed by atoms with Crippen molar-refractivity contribution in [3.63, 3.8) is 0 Å². The summed E-state index contributed by atoms with van der Waals surface area (Å²) in [5.74, 6) is 5.19. The molecule has 3 saturated carbocycles. The van der Waals surface area contributed by atoms with Crippen LogP contribution in [-0.2, 0) is 4.74 Å². The fourth-order valence-corrected chi connectivity index (χ4v) is 9.01. The van der Waals surface area contributed by atoms with Crippen LogP contribution < -0.4 is 0 Å². The maximum atomic E-state index is 11.2. The van der Waals surface area contributed by atoms with E-state index in [2.05, 4.69) is 40.7 Å². The smallest absolute Gasteiger partial charge is 0.404 e. The van der Waals surface area contributed by atoms with Crippen molar-refractivity contribution < 1.29 is 9.53 Å². The Kier molecular flexibility index (Phi) is 6.89. The van der Waals surface area contributed by atoms with Crippen molar-refractivity contribution in [3.8, 4) is 0 Å². The second kappa shape index (κ2) is 9.03. The molecule has 0 unspecified atom stereocenters. The Morgan fingerprint density at radius 2 is 1.87 bits per heavy atom. The molecule has 0 radical (unpaired) electrons. The van der Waals surface area contributed by atoms with E-state index in [1.807, 2.05) is 0 Å². The number of fused-ring (bicyclic) bond motifs is 5. The molecule has 0 aromatic rings. The summed E-state index contributed by atoms with van der Waals surface area (Å²) in [4.78, 5) is 11.2. The largest absolute Gasteiger partial charge is 0.450 e. The van der Waals surface area contributed by atoms with Crippen molar-refractivity contribution >= 4 is 17.0 Å². The van der Waals surface area contributed by atoms with Crippen LogP contribution in [0.5, 0.6) is 0 Å². The summed E-state index contributed by atoms with van der Waals surface area (Å²) in [7, 11) is 0. The molecule has 2 nitrogen and oxygen atoms in total. The molecule has 0 aromatic heterocycles. The maximum absolute atomic E-state index is 11.2. The van der Waals surface area contributed by atoms with Gasteiger partial charge in [0.05, 0.1) is 0 Å². The van der Waals surface area contributed by atoms with Gasteiger partial charge in [-0.05, 0) is 91.3 Å². The second-order valence-electron chi connectivity index (χ2n) is 12.5. The average molecular weight is 449 g/mol. The first-order valence-electron chi connectivity index (χ1n) is 13.2. The number of allylic oxidation sites excluding steroid dienone is 1. The van der Waals surface area contributed by atoms with E-state index in [1.165, 1.54) is 51.4 Å². The number of carbonyl (C=O) groups excluding carboxylic acids is 1. The topological polar surface area (TPSA) is 26.3 Å². The Labute approximate surface area is 195 Å². The summed E-state index contributed by atoms with van der Waals surface area (Å²) in [5.41, 5.74) is 1.77. The first-order chi connectivity index (χ1) is 14.6. The van der Waals surface area contributed by atoms with Gasteiger partial charge in [0, 0.05) is 18.0 Å². The lowest BCUT2D eigenvalue weighted by Crippen LogP contribution is -2.51. The molecule has 0 heterocycles. The second-order valence-corrected chi connectivity index (χ2v) is 12.8. The molecule has 3 fully saturated rings. The van der Waals surface area contributed by atoms with Crippen LogP contribution in [0.15, 0.2) is 11.6 Å². The highest BCUT2D eigenvalue weighted by Gasteiger charge is 2.59. The van der Waals surface area contributed by atoms with Crippen molar-refractivity contribution in [2.75, 3.05) is 0 Å². The van der Waals surface area contributed by atoms with Crippen LogP contribution in [0.25, 0.3) is 0 Å². The van der Waals surface area contributed by atoms with Gasteiger partial charge in [-0.1, -0.05) is 65.5 Å². The van der Waals surface area contributed by atoms with E-state index in [9.17, 15) is 4.79 Å². The van der Waals surface area contributed by atoms with E-state index in [-0.39, 0.29) is 6.10 Å². The highest BCUT2D eigenvalue weighted by molar-refractivity contribution is 6.61. The summed E-state index contributed by atoms with van der Waals surface area (Å²) in [5, 5.41) is 0. The number of halogens is 1. The first-order valence-corrected chi connectivity index (χ1v) is 13.6. The zero-order chi connectivity index (χ0) is 22.4. The van der Waals surface area contributed by atoms with E-state index in [4.69, 9.17) is 16.3 Å². The molecule has 3 heteroatoms. The third-order valence-electron chi connectivity index (χ3n) is 10.5. The SMILES string of the molecule is CC(C)CCC[C@@H](C)[C@H]1CC[C@H]2[C@@H]3CC=C4C[C@@H](OC(=O)Cl)CC[C@@]4(C)[C@H]3CC[C@@]12C. The van der Waals surface area contributed by atoms with Gasteiger partial charge in [0.25, 0.3) is 0 Å². The third kappa shape index (κ3) is 4.36. The van der Waals surface area contributed by atoms with Crippen LogP contribution in [0.2, 0.25) is 0 Å². The summed E-state index contributed by atoms with van der Waals surface area (Å²) in [6.45, 7) is 12.5. The van der Waals surface area contributed by atoms with Crippen LogP contribution in [0.3, 0.4) is 0 Å². The molecule has 0 aromatic carbocycles. The normalized spacial score (nSPS) is 42.9. The van der Waals surface area contributed by atoms with Crippen LogP contribution >= 0.6 is 11.6 Å². The molecule has 0 saturated heterocycles. The van der Waals surface area contributed by atoms with E-state index in [1.54, 1.807) is 5.57 Å². The predicted molar refractivity (Wildman–Crippen MR) is 129 cm³/mol. The Bertz CT molecular complexity index is 699. The van der Waals surface area contributed by atoms with Gasteiger partial charge in [0.1, 0.15) is 6.10 Å². The number of hydrogen-bond donors (Lipinski definition) is 0. The highest BCUT2D eigenvalue weighted by atomic mass is 35.5. The molecule has 176 valence electrons. The molecule has 4 aliphatic carbocycles. The molecule has 0 N–H and O–H groups in total. The van der Waals surface area contributed by atoms with Crippen molar-refractivity contribution in [3.05, 3.63) is 11.6 Å². The van der Waals surface area contributed by atoms with Crippen molar-refractivity contribution in [2.24, 2.45) is 46.3 Å². The number of ether oxygens (including phenoxy) is 1. The fraction of sp³-hybridized carbons (Fsp3) is 0.893. The molecule has 4 aliphatic rings. The van der Waals surface area contributed by atoms with E-state index >= 15 is 0 Å². The summed E-state index contributed by atoms with van der Waals surface area (Å²) in [6, 6.07) is 0. The molecule has 8 atom stereocenters. The minimum Gasteiger partial charge on any atom is -0.450 e. The van der Waals surface area contributed by atoms with Crippen molar-refractivity contribution in [2.45, 2.75) is 111 Å². The average Bonchev–Trinajstić information content (AvgIpc) is 3.05. The monoisotopic (exact) mass is 448 g/mol. The van der Waals surface area contributed by atoms with Gasteiger partial charge in [0.15, 0.2) is 0 Å².